The summed E-state index contributed by atoms with van der Waals surface area (Å²) in [6.45, 7) is 0. The van der Waals surface area contributed by atoms with Gasteiger partial charge in [-0.2, -0.15) is 0 Å². The van der Waals surface area contributed by atoms with E-state index in [1.807, 2.05) is 0 Å². The molecule has 4 heteroatoms. The fraction of sp³-hybridized carbons (Fsp3) is 0.333. The zero-order valence-electron chi connectivity index (χ0n) is 5.07. The lowest BCUT2D eigenvalue weighted by atomic mass is 10.0. The summed E-state index contributed by atoms with van der Waals surface area (Å²) < 4.78 is 0. The summed E-state index contributed by atoms with van der Waals surface area (Å²) in [7, 11) is 0. The Morgan fingerprint density at radius 3 is 2.60 bits per heavy atom. The molecule has 1 aliphatic rings. The Balaban J connectivity index is 2.90. The number of ketones is 2. The van der Waals surface area contributed by atoms with Crippen molar-refractivity contribution in [1.82, 2.24) is 0 Å². The number of rotatable bonds is 0. The van der Waals surface area contributed by atoms with Crippen molar-refractivity contribution in [3.05, 3.63) is 11.8 Å². The lowest BCUT2D eigenvalue weighted by molar-refractivity contribution is -0.130. The molecule has 0 aliphatic heterocycles. The molecule has 1 unspecified atom stereocenters. The second kappa shape index (κ2) is 2.22. The molecule has 0 aromatic heterocycles. The lowest BCUT2D eigenvalue weighted by Gasteiger charge is -2.10. The molecule has 0 aromatic rings. The third kappa shape index (κ3) is 1.06. The molecule has 10 heavy (non-hydrogen) atoms. The Morgan fingerprint density at radius 2 is 2.10 bits per heavy atom. The first-order valence-corrected chi connectivity index (χ1v) is 2.77. The van der Waals surface area contributed by atoms with Crippen LogP contribution in [0.2, 0.25) is 0 Å². The molecule has 0 spiro atoms. The van der Waals surface area contributed by atoms with Crippen molar-refractivity contribution in [3.63, 3.8) is 0 Å². The van der Waals surface area contributed by atoms with Crippen LogP contribution < -0.4 is 0 Å². The van der Waals surface area contributed by atoms with Crippen molar-refractivity contribution in [2.75, 3.05) is 0 Å². The van der Waals surface area contributed by atoms with Crippen LogP contribution in [0.5, 0.6) is 0 Å². The summed E-state index contributed by atoms with van der Waals surface area (Å²) in [4.78, 5) is 21.0. The van der Waals surface area contributed by atoms with E-state index in [1.165, 1.54) is 0 Å². The number of aliphatic hydroxyl groups is 2. The predicted octanol–water partition coefficient (Wildman–Crippen LogP) is -0.669. The quantitative estimate of drug-likeness (QED) is 0.470. The molecule has 0 fully saturated rings. The molecule has 0 bridgehead atoms. The van der Waals surface area contributed by atoms with E-state index in [4.69, 9.17) is 10.2 Å². The van der Waals surface area contributed by atoms with Crippen molar-refractivity contribution >= 4 is 11.6 Å². The van der Waals surface area contributed by atoms with E-state index in [2.05, 4.69) is 0 Å². The molecule has 0 heterocycles. The molecule has 0 radical (unpaired) electrons. The zero-order valence-corrected chi connectivity index (χ0v) is 5.07. The molecular weight excluding hydrogens is 136 g/mol. The van der Waals surface area contributed by atoms with Gasteiger partial charge in [-0.15, -0.1) is 0 Å². The van der Waals surface area contributed by atoms with Gasteiger partial charge < -0.3 is 10.2 Å². The van der Waals surface area contributed by atoms with Crippen LogP contribution in [0.1, 0.15) is 6.42 Å². The van der Waals surface area contributed by atoms with Gasteiger partial charge in [0.25, 0.3) is 0 Å². The van der Waals surface area contributed by atoms with Crippen LogP contribution in [-0.4, -0.2) is 27.9 Å². The van der Waals surface area contributed by atoms with Gasteiger partial charge in [0.15, 0.2) is 17.3 Å². The molecule has 0 aromatic carbocycles. The third-order valence-corrected chi connectivity index (χ3v) is 1.27. The smallest absolute Gasteiger partial charge is 0.200 e. The number of allylic oxidation sites excluding steroid dienone is 1. The Morgan fingerprint density at radius 1 is 1.50 bits per heavy atom. The molecule has 54 valence electrons. The number of hydrogen-bond acceptors (Lipinski definition) is 4. The molecule has 0 amide bonds. The summed E-state index contributed by atoms with van der Waals surface area (Å²) in [6.07, 6.45) is -0.819. The van der Waals surface area contributed by atoms with E-state index >= 15 is 0 Å². The van der Waals surface area contributed by atoms with Crippen molar-refractivity contribution in [1.29, 1.82) is 0 Å². The van der Waals surface area contributed by atoms with Crippen LogP contribution >= 0.6 is 0 Å². The highest BCUT2D eigenvalue weighted by molar-refractivity contribution is 6.08. The monoisotopic (exact) mass is 142 g/mol. The first-order valence-electron chi connectivity index (χ1n) is 2.77. The van der Waals surface area contributed by atoms with Crippen molar-refractivity contribution in [2.45, 2.75) is 12.5 Å². The molecule has 1 aliphatic carbocycles. The van der Waals surface area contributed by atoms with Gasteiger partial charge in [-0.3, -0.25) is 9.59 Å². The predicted molar refractivity (Wildman–Crippen MR) is 31.3 cm³/mol. The van der Waals surface area contributed by atoms with Crippen LogP contribution in [0.25, 0.3) is 0 Å². The van der Waals surface area contributed by atoms with Crippen LogP contribution in [-0.2, 0) is 9.59 Å². The Kier molecular flexibility index (Phi) is 1.55. The second-order valence-corrected chi connectivity index (χ2v) is 2.08. The van der Waals surface area contributed by atoms with E-state index in [0.717, 1.165) is 6.08 Å². The number of carbonyl (C=O) groups is 2. The average molecular weight is 142 g/mol. The highest BCUT2D eigenvalue weighted by Gasteiger charge is 2.25. The molecule has 2 N–H and O–H groups in total. The fourth-order valence-corrected chi connectivity index (χ4v) is 0.692. The van der Waals surface area contributed by atoms with Gasteiger partial charge >= 0.3 is 0 Å². The van der Waals surface area contributed by atoms with Gasteiger partial charge in [0.1, 0.15) is 6.10 Å². The SMILES string of the molecule is O=C1CC(O)C(=O)C=C1O. The maximum atomic E-state index is 10.5. The molecule has 4 nitrogen and oxygen atoms in total. The minimum absolute atomic E-state index is 0.304. The van der Waals surface area contributed by atoms with Crippen LogP contribution in [0.4, 0.5) is 0 Å². The van der Waals surface area contributed by atoms with Gasteiger partial charge in [-0.1, -0.05) is 0 Å². The Hall–Kier alpha value is -1.16. The normalized spacial score (nSPS) is 26.5. The van der Waals surface area contributed by atoms with Crippen LogP contribution in [0.3, 0.4) is 0 Å². The van der Waals surface area contributed by atoms with Crippen molar-refractivity contribution < 1.29 is 19.8 Å². The first kappa shape index (κ1) is 6.95. The number of carbonyl (C=O) groups excluding carboxylic acids is 2. The third-order valence-electron chi connectivity index (χ3n) is 1.27. The highest BCUT2D eigenvalue weighted by Crippen LogP contribution is 2.08. The van der Waals surface area contributed by atoms with Gasteiger partial charge in [0.05, 0.1) is 0 Å². The first-order chi connectivity index (χ1) is 4.61. The average Bonchev–Trinajstić information content (AvgIpc) is 1.84. The minimum Gasteiger partial charge on any atom is -0.504 e. The molecule has 0 saturated heterocycles. The number of hydrogen-bond donors (Lipinski definition) is 2. The summed E-state index contributed by atoms with van der Waals surface area (Å²) >= 11 is 0. The van der Waals surface area contributed by atoms with Gasteiger partial charge in [-0.05, 0) is 0 Å². The standard InChI is InChI=1S/C6H6O4/c7-3-1-4(8)6(10)2-5(3)9/h1,5,8-9H,2H2. The molecule has 1 rings (SSSR count). The van der Waals surface area contributed by atoms with Gasteiger partial charge in [0, 0.05) is 12.5 Å². The maximum absolute atomic E-state index is 10.5. The van der Waals surface area contributed by atoms with Crippen molar-refractivity contribution in [2.24, 2.45) is 0 Å². The largest absolute Gasteiger partial charge is 0.504 e. The lowest BCUT2D eigenvalue weighted by Crippen LogP contribution is -2.28. The molecule has 1 atom stereocenters. The van der Waals surface area contributed by atoms with E-state index in [-0.39, 0.29) is 6.42 Å². The summed E-state index contributed by atoms with van der Waals surface area (Å²) in [6, 6.07) is 0. The Bertz CT molecular complexity index is 216. The van der Waals surface area contributed by atoms with E-state index in [1.54, 1.807) is 0 Å². The van der Waals surface area contributed by atoms with Gasteiger partial charge in [0.2, 0.25) is 0 Å². The number of aliphatic hydroxyl groups excluding tert-OH is 2. The van der Waals surface area contributed by atoms with E-state index in [9.17, 15) is 9.59 Å². The van der Waals surface area contributed by atoms with Crippen molar-refractivity contribution in [3.8, 4) is 0 Å². The van der Waals surface area contributed by atoms with E-state index < -0.39 is 23.4 Å². The number of Topliss-reactive ketones (excluding diaryl/α,β-unsaturated/α-hetero) is 1. The van der Waals surface area contributed by atoms with Gasteiger partial charge in [-0.25, -0.2) is 0 Å². The summed E-state index contributed by atoms with van der Waals surface area (Å²) in [5, 5.41) is 17.4. The van der Waals surface area contributed by atoms with Crippen LogP contribution in [0, 0.1) is 0 Å². The molecule has 0 saturated carbocycles. The maximum Gasteiger partial charge on any atom is 0.200 e. The van der Waals surface area contributed by atoms with Crippen LogP contribution in [0.15, 0.2) is 11.8 Å². The van der Waals surface area contributed by atoms with E-state index in [0.29, 0.717) is 0 Å². The topological polar surface area (TPSA) is 74.6 Å². The Labute approximate surface area is 56.8 Å². The fourth-order valence-electron chi connectivity index (χ4n) is 0.692. The zero-order chi connectivity index (χ0) is 7.72. The minimum atomic E-state index is -1.26. The second-order valence-electron chi connectivity index (χ2n) is 2.08. The summed E-state index contributed by atoms with van der Waals surface area (Å²) in [5.41, 5.74) is 0. The summed E-state index contributed by atoms with van der Waals surface area (Å²) in [5.74, 6) is -1.76. The molecular formula is C6H6O4. The highest BCUT2D eigenvalue weighted by atomic mass is 16.3.